The highest BCUT2D eigenvalue weighted by atomic mass is 16.4. The number of rotatable bonds is 10. The van der Waals surface area contributed by atoms with Gasteiger partial charge in [-0.1, -0.05) is 18.2 Å². The van der Waals surface area contributed by atoms with Gasteiger partial charge >= 0.3 is 5.97 Å². The number of benzene rings is 1. The number of aliphatic carboxylic acids is 1. The molecule has 0 aliphatic rings. The fraction of sp³-hybridized carbons (Fsp3) is 0.333. The van der Waals surface area contributed by atoms with E-state index in [4.69, 9.17) is 11.5 Å². The van der Waals surface area contributed by atoms with Crippen LogP contribution in [0.4, 0.5) is 0 Å². The van der Waals surface area contributed by atoms with Gasteiger partial charge in [-0.3, -0.25) is 14.4 Å². The van der Waals surface area contributed by atoms with Crippen molar-refractivity contribution >= 4 is 34.6 Å². The van der Waals surface area contributed by atoms with Crippen LogP contribution in [-0.2, 0) is 25.6 Å². The molecule has 10 heteroatoms. The number of aromatic amines is 1. The van der Waals surface area contributed by atoms with Crippen LogP contribution in [0.2, 0.25) is 0 Å². The van der Waals surface area contributed by atoms with Crippen molar-refractivity contribution in [3.8, 4) is 0 Å². The molecule has 8 N–H and O–H groups in total. The summed E-state index contributed by atoms with van der Waals surface area (Å²) in [5.41, 5.74) is 12.0. The number of H-pyrrole nitrogens is 1. The van der Waals surface area contributed by atoms with E-state index in [1.807, 2.05) is 24.3 Å². The molecule has 0 fully saturated rings. The number of carbonyl (C=O) groups is 4. The smallest absolute Gasteiger partial charge is 0.326 e. The van der Waals surface area contributed by atoms with Gasteiger partial charge in [-0.15, -0.1) is 0 Å². The molecule has 3 amide bonds. The molecule has 1 heterocycles. The summed E-state index contributed by atoms with van der Waals surface area (Å²) < 4.78 is 0. The van der Waals surface area contributed by atoms with Crippen molar-refractivity contribution in [1.29, 1.82) is 0 Å². The van der Waals surface area contributed by atoms with Gasteiger partial charge in [0.1, 0.15) is 12.1 Å². The Morgan fingerprint density at radius 1 is 1.11 bits per heavy atom. The molecule has 0 aliphatic heterocycles. The molecule has 1 aromatic carbocycles. The van der Waals surface area contributed by atoms with E-state index < -0.39 is 35.8 Å². The predicted molar refractivity (Wildman–Crippen MR) is 101 cm³/mol. The van der Waals surface area contributed by atoms with Crippen LogP contribution in [0.3, 0.4) is 0 Å². The third kappa shape index (κ3) is 5.55. The summed E-state index contributed by atoms with van der Waals surface area (Å²) in [5, 5.41) is 15.0. The maximum atomic E-state index is 12.7. The van der Waals surface area contributed by atoms with Crippen LogP contribution >= 0.6 is 0 Å². The van der Waals surface area contributed by atoms with Gasteiger partial charge in [0.25, 0.3) is 0 Å². The Labute approximate surface area is 160 Å². The lowest BCUT2D eigenvalue weighted by atomic mass is 10.0. The number of para-hydroxylation sites is 1. The molecule has 2 rings (SSSR count). The first kappa shape index (κ1) is 20.9. The monoisotopic (exact) mass is 389 g/mol. The lowest BCUT2D eigenvalue weighted by molar-refractivity contribution is -0.142. The standard InChI is InChI=1S/C18H23N5O5/c19-8-16(25)22-14(7-10-9-21-12-4-2-1-3-11(10)12)17(26)23-13(18(27)28)5-6-15(20)24/h1-4,9,13-14,21H,5-8,19H2,(H2,20,24)(H,22,25)(H,23,26)(H,27,28). The molecular weight excluding hydrogens is 366 g/mol. The first-order valence-corrected chi connectivity index (χ1v) is 8.67. The van der Waals surface area contributed by atoms with Crippen LogP contribution in [-0.4, -0.2) is 52.4 Å². The minimum atomic E-state index is -1.31. The number of fused-ring (bicyclic) bond motifs is 1. The highest BCUT2D eigenvalue weighted by Crippen LogP contribution is 2.19. The van der Waals surface area contributed by atoms with Crippen LogP contribution in [0.5, 0.6) is 0 Å². The second-order valence-electron chi connectivity index (χ2n) is 6.29. The van der Waals surface area contributed by atoms with Gasteiger partial charge in [-0.05, 0) is 18.1 Å². The third-order valence-electron chi connectivity index (χ3n) is 4.23. The number of carboxylic acid groups (broad SMARTS) is 1. The van der Waals surface area contributed by atoms with Crippen LogP contribution in [0.25, 0.3) is 10.9 Å². The molecule has 150 valence electrons. The second kappa shape index (κ2) is 9.51. The Balaban J connectivity index is 2.18. The van der Waals surface area contributed by atoms with Gasteiger partial charge in [-0.2, -0.15) is 0 Å². The van der Waals surface area contributed by atoms with Gasteiger partial charge in [-0.25, -0.2) is 4.79 Å². The number of carbonyl (C=O) groups excluding carboxylic acids is 3. The summed E-state index contributed by atoms with van der Waals surface area (Å²) in [6.45, 7) is -0.318. The average Bonchev–Trinajstić information content (AvgIpc) is 3.06. The Morgan fingerprint density at radius 2 is 1.82 bits per heavy atom. The molecule has 0 radical (unpaired) electrons. The summed E-state index contributed by atoms with van der Waals surface area (Å²) in [5.74, 6) is -3.22. The van der Waals surface area contributed by atoms with Crippen LogP contribution in [0.1, 0.15) is 18.4 Å². The fourth-order valence-electron chi connectivity index (χ4n) is 2.80. The maximum Gasteiger partial charge on any atom is 0.326 e. The van der Waals surface area contributed by atoms with E-state index in [0.717, 1.165) is 16.5 Å². The highest BCUT2D eigenvalue weighted by molar-refractivity contribution is 5.92. The lowest BCUT2D eigenvalue weighted by Gasteiger charge is -2.21. The summed E-state index contributed by atoms with van der Waals surface area (Å²) in [6.07, 6.45) is 1.51. The first-order chi connectivity index (χ1) is 13.3. The normalized spacial score (nSPS) is 12.9. The topological polar surface area (TPSA) is 180 Å². The van der Waals surface area contributed by atoms with E-state index in [1.165, 1.54) is 0 Å². The van der Waals surface area contributed by atoms with Gasteiger partial charge < -0.3 is 32.2 Å². The van der Waals surface area contributed by atoms with Crippen LogP contribution in [0, 0.1) is 0 Å². The van der Waals surface area contributed by atoms with Gasteiger partial charge in [0.15, 0.2) is 0 Å². The van der Waals surface area contributed by atoms with Crippen LogP contribution < -0.4 is 22.1 Å². The Bertz CT molecular complexity index is 878. The molecule has 1 aromatic heterocycles. The van der Waals surface area contributed by atoms with Crippen molar-refractivity contribution in [1.82, 2.24) is 15.6 Å². The van der Waals surface area contributed by atoms with Crippen molar-refractivity contribution < 1.29 is 24.3 Å². The fourth-order valence-corrected chi connectivity index (χ4v) is 2.80. The number of primary amides is 1. The Kier molecular flexibility index (Phi) is 7.10. The summed E-state index contributed by atoms with van der Waals surface area (Å²) in [4.78, 5) is 49.8. The molecule has 0 bridgehead atoms. The maximum absolute atomic E-state index is 12.7. The van der Waals surface area contributed by atoms with E-state index in [2.05, 4.69) is 15.6 Å². The SMILES string of the molecule is NCC(=O)NC(Cc1c[nH]c2ccccc12)C(=O)NC(CCC(N)=O)C(=O)O. The molecule has 0 aliphatic carbocycles. The van der Waals surface area contributed by atoms with Crippen molar-refractivity contribution in [3.05, 3.63) is 36.0 Å². The largest absolute Gasteiger partial charge is 0.480 e. The number of nitrogens with two attached hydrogens (primary N) is 2. The average molecular weight is 389 g/mol. The van der Waals surface area contributed by atoms with E-state index in [0.29, 0.717) is 0 Å². The molecule has 28 heavy (non-hydrogen) atoms. The van der Waals surface area contributed by atoms with E-state index in [9.17, 15) is 24.3 Å². The molecular formula is C18H23N5O5. The molecule has 0 saturated heterocycles. The predicted octanol–water partition coefficient (Wildman–Crippen LogP) is -1.01. The van der Waals surface area contributed by atoms with Gasteiger partial charge in [0.2, 0.25) is 17.7 Å². The zero-order valence-electron chi connectivity index (χ0n) is 15.1. The number of nitrogens with one attached hydrogen (secondary N) is 3. The minimum absolute atomic E-state index is 0.129. The number of hydrogen-bond acceptors (Lipinski definition) is 5. The Morgan fingerprint density at radius 3 is 2.46 bits per heavy atom. The molecule has 10 nitrogen and oxygen atoms in total. The van der Waals surface area contributed by atoms with Crippen molar-refractivity contribution in [2.75, 3.05) is 6.54 Å². The second-order valence-corrected chi connectivity index (χ2v) is 6.29. The van der Waals surface area contributed by atoms with Gasteiger partial charge in [0.05, 0.1) is 6.54 Å². The minimum Gasteiger partial charge on any atom is -0.480 e. The lowest BCUT2D eigenvalue weighted by Crippen LogP contribution is -2.53. The molecule has 2 unspecified atom stereocenters. The zero-order valence-corrected chi connectivity index (χ0v) is 15.1. The first-order valence-electron chi connectivity index (χ1n) is 8.67. The van der Waals surface area contributed by atoms with E-state index in [1.54, 1.807) is 6.20 Å². The van der Waals surface area contributed by atoms with Crippen LogP contribution in [0.15, 0.2) is 30.5 Å². The quantitative estimate of drug-likeness (QED) is 0.303. The van der Waals surface area contributed by atoms with Crippen molar-refractivity contribution in [2.45, 2.75) is 31.3 Å². The van der Waals surface area contributed by atoms with E-state index >= 15 is 0 Å². The molecule has 2 atom stereocenters. The molecule has 0 spiro atoms. The summed E-state index contributed by atoms with van der Waals surface area (Å²) >= 11 is 0. The highest BCUT2D eigenvalue weighted by Gasteiger charge is 2.27. The van der Waals surface area contributed by atoms with Crippen molar-refractivity contribution in [3.63, 3.8) is 0 Å². The molecule has 2 aromatic rings. The third-order valence-corrected chi connectivity index (χ3v) is 4.23. The number of carboxylic acids is 1. The summed E-state index contributed by atoms with van der Waals surface area (Å²) in [6, 6.07) is 5.10. The summed E-state index contributed by atoms with van der Waals surface area (Å²) in [7, 11) is 0. The van der Waals surface area contributed by atoms with Crippen molar-refractivity contribution in [2.24, 2.45) is 11.5 Å². The number of hydrogen-bond donors (Lipinski definition) is 6. The van der Waals surface area contributed by atoms with E-state index in [-0.39, 0.29) is 25.8 Å². The Hall–Kier alpha value is -3.40. The number of aromatic nitrogens is 1. The molecule has 0 saturated carbocycles. The number of amides is 3. The van der Waals surface area contributed by atoms with Gasteiger partial charge in [0, 0.05) is 29.9 Å². The zero-order chi connectivity index (χ0) is 20.7.